The first kappa shape index (κ1) is 12.5. The smallest absolute Gasteiger partial charge is 0.330 e. The fourth-order valence-electron chi connectivity index (χ4n) is 1.21. The topological polar surface area (TPSA) is 43.4 Å². The zero-order valence-corrected chi connectivity index (χ0v) is 9.53. The van der Waals surface area contributed by atoms with Crippen molar-refractivity contribution in [2.75, 3.05) is 7.11 Å². The fraction of sp³-hybridized carbons (Fsp3) is 0.167. The van der Waals surface area contributed by atoms with E-state index in [1.54, 1.807) is 24.3 Å². The van der Waals surface area contributed by atoms with Crippen molar-refractivity contribution in [1.82, 2.24) is 0 Å². The van der Waals surface area contributed by atoms with Gasteiger partial charge >= 0.3 is 5.97 Å². The Bertz CT molecular complexity index is 424. The van der Waals surface area contributed by atoms with Crippen molar-refractivity contribution in [2.24, 2.45) is 0 Å². The fourth-order valence-corrected chi connectivity index (χ4v) is 1.39. The number of ether oxygens (including phenoxy) is 1. The van der Waals surface area contributed by atoms with Crippen LogP contribution in [-0.4, -0.2) is 19.4 Å². The van der Waals surface area contributed by atoms with Crippen LogP contribution in [0.5, 0.6) is 0 Å². The molecule has 0 saturated carbocycles. The van der Waals surface area contributed by atoms with Crippen LogP contribution in [0.1, 0.15) is 15.9 Å². The van der Waals surface area contributed by atoms with Gasteiger partial charge in [-0.25, -0.2) is 4.79 Å². The van der Waals surface area contributed by atoms with E-state index in [1.165, 1.54) is 13.2 Å². The summed E-state index contributed by atoms with van der Waals surface area (Å²) < 4.78 is 4.45. The summed E-state index contributed by atoms with van der Waals surface area (Å²) in [5.41, 5.74) is 1.35. The van der Waals surface area contributed by atoms with E-state index in [0.717, 1.165) is 11.8 Å². The van der Waals surface area contributed by atoms with Gasteiger partial charge in [-0.15, -0.1) is 0 Å². The van der Waals surface area contributed by atoms with Crippen LogP contribution in [0.2, 0.25) is 5.02 Å². The zero-order valence-electron chi connectivity index (χ0n) is 8.77. The minimum Gasteiger partial charge on any atom is -0.466 e. The number of hydrogen-bond acceptors (Lipinski definition) is 3. The Morgan fingerprint density at radius 1 is 1.50 bits per heavy atom. The Hall–Kier alpha value is -1.61. The lowest BCUT2D eigenvalue weighted by atomic mass is 10.1. The number of hydrogen-bond donors (Lipinski definition) is 0. The molecule has 0 saturated heterocycles. The second kappa shape index (κ2) is 6.08. The van der Waals surface area contributed by atoms with Gasteiger partial charge in [0.1, 0.15) is 6.29 Å². The Morgan fingerprint density at radius 3 is 2.88 bits per heavy atom. The third-order valence-corrected chi connectivity index (χ3v) is 2.26. The van der Waals surface area contributed by atoms with Crippen LogP contribution < -0.4 is 0 Å². The second-order valence-electron chi connectivity index (χ2n) is 3.09. The standard InChI is InChI=1S/C12H11ClO3/c1-16-12(15)4-2-3-9-5-6-11(13)7-10(9)8-14/h2,4-8H,3H2,1H3/b4-2+. The zero-order chi connectivity index (χ0) is 12.0. The molecular weight excluding hydrogens is 228 g/mol. The number of benzene rings is 1. The number of esters is 1. The van der Waals surface area contributed by atoms with Gasteiger partial charge in [-0.3, -0.25) is 4.79 Å². The Labute approximate surface area is 98.7 Å². The van der Waals surface area contributed by atoms with Crippen molar-refractivity contribution in [2.45, 2.75) is 6.42 Å². The molecule has 0 aliphatic heterocycles. The van der Waals surface area contributed by atoms with E-state index in [1.807, 2.05) is 0 Å². The van der Waals surface area contributed by atoms with Gasteiger partial charge in [-0.1, -0.05) is 23.7 Å². The van der Waals surface area contributed by atoms with Crippen molar-refractivity contribution < 1.29 is 14.3 Å². The molecule has 0 aliphatic rings. The maximum absolute atomic E-state index is 10.8. The Balaban J connectivity index is 2.77. The molecule has 1 aromatic carbocycles. The summed E-state index contributed by atoms with van der Waals surface area (Å²) in [4.78, 5) is 21.6. The highest BCUT2D eigenvalue weighted by Gasteiger charge is 2.01. The molecule has 0 radical (unpaired) electrons. The number of carbonyl (C=O) groups excluding carboxylic acids is 2. The molecule has 0 amide bonds. The van der Waals surface area contributed by atoms with Gasteiger partial charge in [0, 0.05) is 16.7 Å². The molecule has 0 heterocycles. The summed E-state index contributed by atoms with van der Waals surface area (Å²) in [6, 6.07) is 5.05. The molecule has 0 N–H and O–H groups in total. The molecule has 16 heavy (non-hydrogen) atoms. The summed E-state index contributed by atoms with van der Waals surface area (Å²) in [6.07, 6.45) is 4.19. The highest BCUT2D eigenvalue weighted by Crippen LogP contribution is 2.15. The van der Waals surface area contributed by atoms with Gasteiger partial charge in [0.2, 0.25) is 0 Å². The number of allylic oxidation sites excluding steroid dienone is 1. The first-order chi connectivity index (χ1) is 7.67. The SMILES string of the molecule is COC(=O)/C=C/Cc1ccc(Cl)cc1C=O. The van der Waals surface area contributed by atoms with Gasteiger partial charge in [-0.2, -0.15) is 0 Å². The predicted octanol–water partition coefficient (Wildman–Crippen LogP) is 2.42. The normalized spacial score (nSPS) is 10.4. The highest BCUT2D eigenvalue weighted by molar-refractivity contribution is 6.30. The molecule has 0 bridgehead atoms. The second-order valence-corrected chi connectivity index (χ2v) is 3.53. The van der Waals surface area contributed by atoms with Crippen LogP contribution in [0.15, 0.2) is 30.4 Å². The summed E-state index contributed by atoms with van der Waals surface area (Å²) >= 11 is 5.75. The molecule has 0 fully saturated rings. The van der Waals surface area contributed by atoms with Crippen molar-refractivity contribution in [3.63, 3.8) is 0 Å². The summed E-state index contributed by atoms with van der Waals surface area (Å²) in [7, 11) is 1.31. The van der Waals surface area contributed by atoms with E-state index in [0.29, 0.717) is 17.0 Å². The Kier molecular flexibility index (Phi) is 4.73. The summed E-state index contributed by atoms with van der Waals surface area (Å²) in [6.45, 7) is 0. The third-order valence-electron chi connectivity index (χ3n) is 2.03. The Morgan fingerprint density at radius 2 is 2.25 bits per heavy atom. The van der Waals surface area contributed by atoms with Gasteiger partial charge in [0.05, 0.1) is 7.11 Å². The van der Waals surface area contributed by atoms with Crippen LogP contribution in [-0.2, 0) is 16.0 Å². The van der Waals surface area contributed by atoms with E-state index < -0.39 is 5.97 Å². The molecule has 84 valence electrons. The predicted molar refractivity (Wildman–Crippen MR) is 61.7 cm³/mol. The van der Waals surface area contributed by atoms with E-state index in [2.05, 4.69) is 4.74 Å². The van der Waals surface area contributed by atoms with Crippen molar-refractivity contribution in [3.8, 4) is 0 Å². The molecule has 0 atom stereocenters. The van der Waals surface area contributed by atoms with Gasteiger partial charge < -0.3 is 4.74 Å². The molecule has 4 heteroatoms. The molecule has 0 aliphatic carbocycles. The lowest BCUT2D eigenvalue weighted by Crippen LogP contribution is -1.95. The average molecular weight is 239 g/mol. The number of carbonyl (C=O) groups is 2. The monoisotopic (exact) mass is 238 g/mol. The molecule has 1 rings (SSSR count). The van der Waals surface area contributed by atoms with Crippen molar-refractivity contribution in [3.05, 3.63) is 46.5 Å². The van der Waals surface area contributed by atoms with E-state index >= 15 is 0 Å². The van der Waals surface area contributed by atoms with Crippen LogP contribution in [0.25, 0.3) is 0 Å². The van der Waals surface area contributed by atoms with Gasteiger partial charge in [0.15, 0.2) is 0 Å². The molecule has 0 aromatic heterocycles. The number of aldehydes is 1. The highest BCUT2D eigenvalue weighted by atomic mass is 35.5. The van der Waals surface area contributed by atoms with Crippen molar-refractivity contribution in [1.29, 1.82) is 0 Å². The van der Waals surface area contributed by atoms with E-state index in [-0.39, 0.29) is 0 Å². The number of halogens is 1. The minimum atomic E-state index is -0.415. The van der Waals surface area contributed by atoms with Crippen LogP contribution in [0, 0.1) is 0 Å². The summed E-state index contributed by atoms with van der Waals surface area (Å²) in [5, 5.41) is 0.516. The average Bonchev–Trinajstić information content (AvgIpc) is 2.30. The molecule has 1 aromatic rings. The van der Waals surface area contributed by atoms with E-state index in [9.17, 15) is 9.59 Å². The lowest BCUT2D eigenvalue weighted by Gasteiger charge is -2.01. The van der Waals surface area contributed by atoms with Gasteiger partial charge in [-0.05, 0) is 24.1 Å². The lowest BCUT2D eigenvalue weighted by molar-refractivity contribution is -0.134. The molecular formula is C12H11ClO3. The third kappa shape index (κ3) is 3.51. The quantitative estimate of drug-likeness (QED) is 0.460. The first-order valence-corrected chi connectivity index (χ1v) is 5.03. The van der Waals surface area contributed by atoms with Crippen LogP contribution >= 0.6 is 11.6 Å². The first-order valence-electron chi connectivity index (χ1n) is 4.65. The number of rotatable bonds is 4. The van der Waals surface area contributed by atoms with Crippen molar-refractivity contribution >= 4 is 23.9 Å². The van der Waals surface area contributed by atoms with Gasteiger partial charge in [0.25, 0.3) is 0 Å². The summed E-state index contributed by atoms with van der Waals surface area (Å²) in [5.74, 6) is -0.415. The molecule has 0 spiro atoms. The van der Waals surface area contributed by atoms with Crippen LogP contribution in [0.4, 0.5) is 0 Å². The van der Waals surface area contributed by atoms with E-state index in [4.69, 9.17) is 11.6 Å². The maximum Gasteiger partial charge on any atom is 0.330 e. The molecule has 3 nitrogen and oxygen atoms in total. The maximum atomic E-state index is 10.8. The molecule has 0 unspecified atom stereocenters. The minimum absolute atomic E-state index is 0.415. The van der Waals surface area contributed by atoms with Crippen LogP contribution in [0.3, 0.4) is 0 Å². The largest absolute Gasteiger partial charge is 0.466 e. The number of methoxy groups -OCH3 is 1.